The molecule has 0 radical (unpaired) electrons. The van der Waals surface area contributed by atoms with E-state index in [1.165, 1.54) is 0 Å². The minimum atomic E-state index is -0.809. The van der Waals surface area contributed by atoms with E-state index in [4.69, 9.17) is 4.74 Å². The minimum absolute atomic E-state index is 0.172. The molecule has 2 unspecified atom stereocenters. The predicted molar refractivity (Wildman–Crippen MR) is 75.8 cm³/mol. The molecule has 2 atom stereocenters. The van der Waals surface area contributed by atoms with Crippen LogP contribution in [0.15, 0.2) is 18.2 Å². The summed E-state index contributed by atoms with van der Waals surface area (Å²) >= 11 is 0. The summed E-state index contributed by atoms with van der Waals surface area (Å²) in [4.78, 5) is 0. The van der Waals surface area contributed by atoms with Crippen molar-refractivity contribution in [2.45, 2.75) is 48.7 Å². The van der Waals surface area contributed by atoms with Crippen LogP contribution in [0.2, 0.25) is 0 Å². The lowest BCUT2D eigenvalue weighted by Gasteiger charge is -2.37. The van der Waals surface area contributed by atoms with Crippen LogP contribution in [0.1, 0.15) is 36.8 Å². The Balaban J connectivity index is 1.95. The van der Waals surface area contributed by atoms with E-state index < -0.39 is 16.4 Å². The van der Waals surface area contributed by atoms with Crippen molar-refractivity contribution in [1.29, 1.82) is 0 Å². The summed E-state index contributed by atoms with van der Waals surface area (Å²) in [5.74, 6) is 0.812. The number of ether oxygens (including phenoxy) is 1. The first-order valence-corrected chi connectivity index (χ1v) is 8.08. The molecule has 0 spiro atoms. The van der Waals surface area contributed by atoms with E-state index in [0.717, 1.165) is 29.7 Å². The van der Waals surface area contributed by atoms with Crippen LogP contribution < -0.4 is 4.74 Å². The first-order valence-electron chi connectivity index (χ1n) is 6.80. The molecular formula is C15H20O3S. The van der Waals surface area contributed by atoms with Gasteiger partial charge in [0.25, 0.3) is 0 Å². The van der Waals surface area contributed by atoms with E-state index in [2.05, 4.69) is 0 Å². The van der Waals surface area contributed by atoms with Crippen LogP contribution in [0.25, 0.3) is 0 Å². The van der Waals surface area contributed by atoms with Gasteiger partial charge in [0.15, 0.2) is 0 Å². The van der Waals surface area contributed by atoms with Gasteiger partial charge in [-0.2, -0.15) is 0 Å². The number of hydrogen-bond acceptors (Lipinski definition) is 3. The Labute approximate surface area is 116 Å². The Morgan fingerprint density at radius 1 is 1.32 bits per heavy atom. The van der Waals surface area contributed by atoms with Crippen molar-refractivity contribution >= 4 is 10.8 Å². The van der Waals surface area contributed by atoms with Crippen molar-refractivity contribution in [1.82, 2.24) is 0 Å². The summed E-state index contributed by atoms with van der Waals surface area (Å²) in [5, 5.41) is 11.4. The molecule has 1 aromatic rings. The fourth-order valence-electron chi connectivity index (χ4n) is 3.59. The predicted octanol–water partition coefficient (Wildman–Crippen LogP) is 2.26. The summed E-state index contributed by atoms with van der Waals surface area (Å²) < 4.78 is 17.3. The van der Waals surface area contributed by atoms with Crippen LogP contribution >= 0.6 is 0 Å². The van der Waals surface area contributed by atoms with Gasteiger partial charge in [-0.3, -0.25) is 4.21 Å². The topological polar surface area (TPSA) is 46.5 Å². The van der Waals surface area contributed by atoms with Crippen molar-refractivity contribution in [3.8, 4) is 5.75 Å². The van der Waals surface area contributed by atoms with Crippen LogP contribution in [0.3, 0.4) is 0 Å². The average Bonchev–Trinajstić information content (AvgIpc) is 2.62. The number of hydrogen-bond donors (Lipinski definition) is 1. The van der Waals surface area contributed by atoms with Crippen molar-refractivity contribution in [2.24, 2.45) is 0 Å². The normalized spacial score (nSPS) is 37.3. The Morgan fingerprint density at radius 2 is 1.95 bits per heavy atom. The van der Waals surface area contributed by atoms with Crippen LogP contribution in [-0.4, -0.2) is 26.9 Å². The highest BCUT2D eigenvalue weighted by molar-refractivity contribution is 7.86. The highest BCUT2D eigenvalue weighted by Gasteiger charge is 2.48. The van der Waals surface area contributed by atoms with Crippen LogP contribution in [0.4, 0.5) is 0 Å². The number of methoxy groups -OCH3 is 1. The second-order valence-electron chi connectivity index (χ2n) is 5.77. The van der Waals surface area contributed by atoms with Gasteiger partial charge in [0, 0.05) is 21.3 Å². The van der Waals surface area contributed by atoms with E-state index in [1.807, 2.05) is 25.1 Å². The fraction of sp³-hybridized carbons (Fsp3) is 0.600. The third-order valence-electron chi connectivity index (χ3n) is 4.53. The lowest BCUT2D eigenvalue weighted by molar-refractivity contribution is 0.0178. The lowest BCUT2D eigenvalue weighted by atomic mass is 9.83. The van der Waals surface area contributed by atoms with Gasteiger partial charge < -0.3 is 9.84 Å². The molecule has 1 aromatic carbocycles. The molecule has 3 nitrogen and oxygen atoms in total. The zero-order valence-corrected chi connectivity index (χ0v) is 12.2. The molecular weight excluding hydrogens is 260 g/mol. The standard InChI is InChI=1S/C15H20O3S/c1-10-7-11(18-2)3-6-14(10)15(16)8-12-4-5-13(9-15)19(12)17/h3,6-7,12-13,16H,4-5,8-9H2,1-2H3. The maximum absolute atomic E-state index is 12.1. The van der Waals surface area contributed by atoms with Gasteiger partial charge >= 0.3 is 0 Å². The Bertz CT molecular complexity index is 510. The SMILES string of the molecule is COc1ccc(C2(O)CC3CCC(C2)S3=O)c(C)c1. The third-order valence-corrected chi connectivity index (χ3v) is 6.65. The summed E-state index contributed by atoms with van der Waals surface area (Å²) in [6, 6.07) is 5.82. The van der Waals surface area contributed by atoms with Crippen molar-refractivity contribution in [2.75, 3.05) is 7.11 Å². The largest absolute Gasteiger partial charge is 0.497 e. The molecule has 2 aliphatic rings. The highest BCUT2D eigenvalue weighted by atomic mass is 32.2. The maximum atomic E-state index is 12.1. The molecule has 1 N–H and O–H groups in total. The highest BCUT2D eigenvalue weighted by Crippen LogP contribution is 2.46. The second-order valence-corrected chi connectivity index (χ2v) is 7.76. The monoisotopic (exact) mass is 280 g/mol. The molecule has 2 saturated heterocycles. The lowest BCUT2D eigenvalue weighted by Crippen LogP contribution is -2.40. The number of fused-ring (bicyclic) bond motifs is 2. The minimum Gasteiger partial charge on any atom is -0.497 e. The number of benzene rings is 1. The molecule has 0 aliphatic carbocycles. The van der Waals surface area contributed by atoms with E-state index in [9.17, 15) is 9.32 Å². The Kier molecular flexibility index (Phi) is 3.18. The molecule has 104 valence electrons. The third kappa shape index (κ3) is 2.11. The molecule has 2 heterocycles. The molecule has 2 fully saturated rings. The van der Waals surface area contributed by atoms with Gasteiger partial charge in [0.1, 0.15) is 5.75 Å². The summed E-state index contributed by atoms with van der Waals surface area (Å²) in [7, 11) is 0.910. The number of rotatable bonds is 2. The average molecular weight is 280 g/mol. The number of aryl methyl sites for hydroxylation is 1. The molecule has 0 amide bonds. The van der Waals surface area contributed by atoms with E-state index in [0.29, 0.717) is 12.8 Å². The zero-order valence-electron chi connectivity index (χ0n) is 11.4. The second kappa shape index (κ2) is 4.60. The van der Waals surface area contributed by atoms with Crippen molar-refractivity contribution < 1.29 is 14.1 Å². The van der Waals surface area contributed by atoms with Crippen LogP contribution in [0.5, 0.6) is 5.75 Å². The van der Waals surface area contributed by atoms with Gasteiger partial charge in [-0.1, -0.05) is 6.07 Å². The summed E-state index contributed by atoms with van der Waals surface area (Å²) in [6.07, 6.45) is 3.25. The molecule has 2 aliphatic heterocycles. The van der Waals surface area contributed by atoms with Gasteiger partial charge in [0.2, 0.25) is 0 Å². The molecule has 0 aromatic heterocycles. The smallest absolute Gasteiger partial charge is 0.119 e. The molecule has 19 heavy (non-hydrogen) atoms. The van der Waals surface area contributed by atoms with Crippen LogP contribution in [-0.2, 0) is 16.4 Å². The van der Waals surface area contributed by atoms with Crippen molar-refractivity contribution in [3.05, 3.63) is 29.3 Å². The zero-order chi connectivity index (χ0) is 13.6. The van der Waals surface area contributed by atoms with Gasteiger partial charge in [-0.15, -0.1) is 0 Å². The molecule has 2 bridgehead atoms. The van der Waals surface area contributed by atoms with Gasteiger partial charge in [0.05, 0.1) is 12.7 Å². The van der Waals surface area contributed by atoms with Crippen LogP contribution in [0, 0.1) is 6.92 Å². The maximum Gasteiger partial charge on any atom is 0.119 e. The van der Waals surface area contributed by atoms with E-state index in [-0.39, 0.29) is 10.5 Å². The van der Waals surface area contributed by atoms with Gasteiger partial charge in [-0.05, 0) is 55.9 Å². The quantitative estimate of drug-likeness (QED) is 0.904. The van der Waals surface area contributed by atoms with Crippen molar-refractivity contribution in [3.63, 3.8) is 0 Å². The summed E-state index contributed by atoms with van der Waals surface area (Å²) in [5.41, 5.74) is 1.21. The molecule has 4 heteroatoms. The number of aliphatic hydroxyl groups is 1. The molecule has 0 saturated carbocycles. The Hall–Kier alpha value is -0.870. The van der Waals surface area contributed by atoms with E-state index in [1.54, 1.807) is 7.11 Å². The first-order chi connectivity index (χ1) is 9.03. The molecule has 3 rings (SSSR count). The van der Waals surface area contributed by atoms with E-state index >= 15 is 0 Å². The summed E-state index contributed by atoms with van der Waals surface area (Å²) in [6.45, 7) is 2.00. The van der Waals surface area contributed by atoms with Gasteiger partial charge in [-0.25, -0.2) is 0 Å². The first kappa shape index (κ1) is 13.1. The Morgan fingerprint density at radius 3 is 2.47 bits per heavy atom. The fourth-order valence-corrected chi connectivity index (χ4v) is 5.75.